The summed E-state index contributed by atoms with van der Waals surface area (Å²) in [6, 6.07) is 5.49. The molecule has 25 heavy (non-hydrogen) atoms. The van der Waals surface area contributed by atoms with Crippen molar-refractivity contribution in [1.29, 1.82) is 0 Å². The minimum atomic E-state index is -0.155. The maximum absolute atomic E-state index is 12.3. The maximum Gasteiger partial charge on any atom is 0.251 e. The molecule has 1 aromatic heterocycles. The van der Waals surface area contributed by atoms with Gasteiger partial charge in [-0.15, -0.1) is 10.2 Å². The molecule has 0 bridgehead atoms. The van der Waals surface area contributed by atoms with E-state index in [4.69, 9.17) is 0 Å². The van der Waals surface area contributed by atoms with Crippen molar-refractivity contribution < 1.29 is 9.59 Å². The second kappa shape index (κ2) is 8.66. The maximum atomic E-state index is 12.3. The van der Waals surface area contributed by atoms with Crippen molar-refractivity contribution in [2.45, 2.75) is 38.9 Å². The van der Waals surface area contributed by atoms with Gasteiger partial charge in [-0.05, 0) is 45.4 Å². The molecule has 2 N–H and O–H groups in total. The Morgan fingerprint density at radius 3 is 2.76 bits per heavy atom. The van der Waals surface area contributed by atoms with Crippen LogP contribution in [0, 0.1) is 6.92 Å². The SMILES string of the molecule is CCNC(=O)c1ccc(C)c(NC(=O)CSc2nncn2C(C)C)c1. The summed E-state index contributed by atoms with van der Waals surface area (Å²) >= 11 is 1.33. The number of aryl methyl sites for hydroxylation is 1. The zero-order valence-corrected chi connectivity index (χ0v) is 15.7. The molecule has 1 aromatic carbocycles. The summed E-state index contributed by atoms with van der Waals surface area (Å²) in [6.07, 6.45) is 1.66. The Kier molecular flexibility index (Phi) is 6.58. The standard InChI is InChI=1S/C17H23N5O2S/c1-5-18-16(24)13-7-6-12(4)14(8-13)20-15(23)9-25-17-21-19-10-22(17)11(2)3/h6-8,10-11H,5,9H2,1-4H3,(H,18,24)(H,20,23). The zero-order valence-electron chi connectivity index (χ0n) is 14.9. The van der Waals surface area contributed by atoms with Gasteiger partial charge in [0.1, 0.15) is 6.33 Å². The highest BCUT2D eigenvalue weighted by Gasteiger charge is 2.13. The van der Waals surface area contributed by atoms with E-state index in [2.05, 4.69) is 20.8 Å². The fraction of sp³-hybridized carbons (Fsp3) is 0.412. The summed E-state index contributed by atoms with van der Waals surface area (Å²) in [5.74, 6) is -0.0900. The Bertz CT molecular complexity index is 757. The lowest BCUT2D eigenvalue weighted by atomic mass is 10.1. The topological polar surface area (TPSA) is 88.9 Å². The van der Waals surface area contributed by atoms with E-state index in [0.29, 0.717) is 23.0 Å². The number of benzene rings is 1. The normalized spacial score (nSPS) is 10.8. The van der Waals surface area contributed by atoms with Gasteiger partial charge in [0.15, 0.2) is 5.16 Å². The molecule has 2 amide bonds. The second-order valence-corrected chi connectivity index (χ2v) is 6.78. The quantitative estimate of drug-likeness (QED) is 0.740. The van der Waals surface area contributed by atoms with Crippen molar-refractivity contribution in [3.8, 4) is 0 Å². The Hall–Kier alpha value is -2.35. The van der Waals surface area contributed by atoms with Gasteiger partial charge in [0.2, 0.25) is 5.91 Å². The third kappa shape index (κ3) is 5.06. The van der Waals surface area contributed by atoms with Crippen LogP contribution in [0.25, 0.3) is 0 Å². The molecule has 0 spiro atoms. The smallest absolute Gasteiger partial charge is 0.251 e. The van der Waals surface area contributed by atoms with Crippen LogP contribution in [-0.2, 0) is 4.79 Å². The first-order valence-corrected chi connectivity index (χ1v) is 9.12. The third-order valence-corrected chi connectivity index (χ3v) is 4.50. The molecule has 0 aliphatic heterocycles. The van der Waals surface area contributed by atoms with Crippen LogP contribution in [0.3, 0.4) is 0 Å². The molecular formula is C17H23N5O2S. The number of carbonyl (C=O) groups is 2. The minimum absolute atomic E-state index is 0.153. The molecule has 134 valence electrons. The Morgan fingerprint density at radius 2 is 2.08 bits per heavy atom. The predicted octanol–water partition coefficient (Wildman–Crippen LogP) is 2.65. The number of amides is 2. The van der Waals surface area contributed by atoms with Crippen molar-refractivity contribution in [1.82, 2.24) is 20.1 Å². The Morgan fingerprint density at radius 1 is 1.32 bits per heavy atom. The summed E-state index contributed by atoms with van der Waals surface area (Å²) in [6.45, 7) is 8.37. The average molecular weight is 361 g/mol. The lowest BCUT2D eigenvalue weighted by Gasteiger charge is -2.11. The molecule has 0 aliphatic carbocycles. The molecule has 8 heteroatoms. The monoisotopic (exact) mass is 361 g/mol. The fourth-order valence-corrected chi connectivity index (χ4v) is 3.01. The molecule has 0 aliphatic rings. The van der Waals surface area contributed by atoms with Crippen molar-refractivity contribution in [3.63, 3.8) is 0 Å². The van der Waals surface area contributed by atoms with E-state index in [0.717, 1.165) is 5.56 Å². The number of hydrogen-bond acceptors (Lipinski definition) is 5. The molecular weight excluding hydrogens is 338 g/mol. The molecule has 2 aromatic rings. The molecule has 0 unspecified atom stereocenters. The van der Waals surface area contributed by atoms with E-state index < -0.39 is 0 Å². The van der Waals surface area contributed by atoms with Gasteiger partial charge in [0.05, 0.1) is 5.75 Å². The number of thioether (sulfide) groups is 1. The Labute approximate surface area is 151 Å². The largest absolute Gasteiger partial charge is 0.352 e. The van der Waals surface area contributed by atoms with Gasteiger partial charge in [0.25, 0.3) is 5.91 Å². The van der Waals surface area contributed by atoms with E-state index in [9.17, 15) is 9.59 Å². The van der Waals surface area contributed by atoms with Gasteiger partial charge in [0, 0.05) is 23.8 Å². The van der Waals surface area contributed by atoms with E-state index in [1.54, 1.807) is 18.5 Å². The molecule has 0 radical (unpaired) electrons. The second-order valence-electron chi connectivity index (χ2n) is 5.84. The van der Waals surface area contributed by atoms with Gasteiger partial charge < -0.3 is 15.2 Å². The van der Waals surface area contributed by atoms with Gasteiger partial charge >= 0.3 is 0 Å². The van der Waals surface area contributed by atoms with Crippen LogP contribution in [-0.4, -0.2) is 38.9 Å². The fourth-order valence-electron chi connectivity index (χ4n) is 2.17. The van der Waals surface area contributed by atoms with Crippen LogP contribution in [0.2, 0.25) is 0 Å². The van der Waals surface area contributed by atoms with Crippen LogP contribution in [0.1, 0.15) is 42.7 Å². The number of aromatic nitrogens is 3. The molecule has 0 saturated heterocycles. The molecule has 0 fully saturated rings. The molecule has 2 rings (SSSR count). The summed E-state index contributed by atoms with van der Waals surface area (Å²) in [4.78, 5) is 24.2. The predicted molar refractivity (Wildman–Crippen MR) is 98.9 cm³/mol. The first kappa shape index (κ1) is 19.0. The van der Waals surface area contributed by atoms with Gasteiger partial charge in [-0.1, -0.05) is 17.8 Å². The van der Waals surface area contributed by atoms with Crippen LogP contribution in [0.4, 0.5) is 5.69 Å². The van der Waals surface area contributed by atoms with Gasteiger partial charge in [-0.3, -0.25) is 9.59 Å². The minimum Gasteiger partial charge on any atom is -0.352 e. The van der Waals surface area contributed by atoms with Crippen LogP contribution >= 0.6 is 11.8 Å². The Balaban J connectivity index is 2.01. The highest BCUT2D eigenvalue weighted by atomic mass is 32.2. The molecule has 0 saturated carbocycles. The van der Waals surface area contributed by atoms with Crippen molar-refractivity contribution in [2.75, 3.05) is 17.6 Å². The molecule has 0 atom stereocenters. The van der Waals surface area contributed by atoms with Gasteiger partial charge in [-0.2, -0.15) is 0 Å². The highest BCUT2D eigenvalue weighted by molar-refractivity contribution is 7.99. The number of hydrogen-bond donors (Lipinski definition) is 2. The number of nitrogens with zero attached hydrogens (tertiary/aromatic N) is 3. The molecule has 7 nitrogen and oxygen atoms in total. The van der Waals surface area contributed by atoms with Crippen molar-refractivity contribution in [3.05, 3.63) is 35.7 Å². The van der Waals surface area contributed by atoms with Crippen LogP contribution in [0.5, 0.6) is 0 Å². The third-order valence-electron chi connectivity index (χ3n) is 3.54. The van der Waals surface area contributed by atoms with Crippen LogP contribution in [0.15, 0.2) is 29.7 Å². The van der Waals surface area contributed by atoms with Crippen molar-refractivity contribution >= 4 is 29.3 Å². The highest BCUT2D eigenvalue weighted by Crippen LogP contribution is 2.21. The van der Waals surface area contributed by atoms with E-state index in [-0.39, 0.29) is 23.6 Å². The van der Waals surface area contributed by atoms with E-state index in [1.165, 1.54) is 11.8 Å². The van der Waals surface area contributed by atoms with Gasteiger partial charge in [-0.25, -0.2) is 0 Å². The summed E-state index contributed by atoms with van der Waals surface area (Å²) in [5, 5.41) is 14.2. The number of nitrogens with one attached hydrogen (secondary N) is 2. The van der Waals surface area contributed by atoms with Crippen molar-refractivity contribution in [2.24, 2.45) is 0 Å². The number of carbonyl (C=O) groups excluding carboxylic acids is 2. The average Bonchev–Trinajstić information content (AvgIpc) is 3.04. The summed E-state index contributed by atoms with van der Waals surface area (Å²) < 4.78 is 1.92. The lowest BCUT2D eigenvalue weighted by molar-refractivity contribution is -0.113. The summed E-state index contributed by atoms with van der Waals surface area (Å²) in [5.41, 5.74) is 2.06. The lowest BCUT2D eigenvalue weighted by Crippen LogP contribution is -2.23. The first-order chi connectivity index (χ1) is 11.9. The van der Waals surface area contributed by atoms with E-state index in [1.807, 2.05) is 38.3 Å². The van der Waals surface area contributed by atoms with E-state index >= 15 is 0 Å². The molecule has 1 heterocycles. The first-order valence-electron chi connectivity index (χ1n) is 8.13. The summed E-state index contributed by atoms with van der Waals surface area (Å²) in [7, 11) is 0. The number of anilines is 1. The van der Waals surface area contributed by atoms with Crippen LogP contribution < -0.4 is 10.6 Å². The zero-order chi connectivity index (χ0) is 18.4. The number of rotatable bonds is 7.